The first-order valence-electron chi connectivity index (χ1n) is 11.9. The van der Waals surface area contributed by atoms with Crippen LogP contribution in [-0.2, 0) is 9.59 Å². The molecule has 0 spiro atoms. The van der Waals surface area contributed by atoms with Crippen molar-refractivity contribution in [1.82, 2.24) is 10.2 Å². The van der Waals surface area contributed by atoms with Crippen molar-refractivity contribution in [1.29, 1.82) is 0 Å². The molecule has 7 heteroatoms. The van der Waals surface area contributed by atoms with E-state index in [0.29, 0.717) is 29.4 Å². The van der Waals surface area contributed by atoms with Gasteiger partial charge in [0.05, 0.1) is 23.6 Å². The minimum absolute atomic E-state index is 0.0802. The first-order chi connectivity index (χ1) is 16.1. The van der Waals surface area contributed by atoms with Gasteiger partial charge in [-0.2, -0.15) is 0 Å². The van der Waals surface area contributed by atoms with E-state index in [2.05, 4.69) is 5.32 Å². The molecule has 0 aliphatic carbocycles. The van der Waals surface area contributed by atoms with E-state index < -0.39 is 17.6 Å². The number of likely N-dealkylation sites (tertiary alicyclic amines) is 1. The molecule has 2 N–H and O–H groups in total. The van der Waals surface area contributed by atoms with Crippen molar-refractivity contribution in [2.75, 3.05) is 6.54 Å². The molecule has 0 radical (unpaired) electrons. The molecule has 34 heavy (non-hydrogen) atoms. The fraction of sp³-hybridized carbons (Fsp3) is 0.481. The van der Waals surface area contributed by atoms with Crippen molar-refractivity contribution in [2.45, 2.75) is 71.1 Å². The molecule has 1 fully saturated rings. The molecule has 1 aliphatic heterocycles. The maximum atomic E-state index is 14.2. The van der Waals surface area contributed by atoms with Gasteiger partial charge in [0.2, 0.25) is 11.8 Å². The summed E-state index contributed by atoms with van der Waals surface area (Å²) in [6.07, 6.45) is 0.392. The lowest BCUT2D eigenvalue weighted by Gasteiger charge is -2.52. The molecule has 1 aliphatic rings. The van der Waals surface area contributed by atoms with Crippen LogP contribution in [0, 0.1) is 5.41 Å². The van der Waals surface area contributed by atoms with Crippen LogP contribution in [0.25, 0.3) is 0 Å². The normalized spacial score (nSPS) is 24.6. The Balaban J connectivity index is 2.21. The van der Waals surface area contributed by atoms with Crippen molar-refractivity contribution >= 4 is 35.0 Å². The fourth-order valence-electron chi connectivity index (χ4n) is 5.30. The number of carbonyl (C=O) groups is 2. The lowest BCUT2D eigenvalue weighted by atomic mass is 9.66. The number of hydrogen-bond acceptors (Lipinski definition) is 3. The molecule has 1 heterocycles. The Kier molecular flexibility index (Phi) is 8.66. The lowest BCUT2D eigenvalue weighted by Crippen LogP contribution is -2.58. The highest BCUT2D eigenvalue weighted by Crippen LogP contribution is 2.52. The van der Waals surface area contributed by atoms with Gasteiger partial charge in [0.1, 0.15) is 0 Å². The Morgan fingerprint density at radius 2 is 1.82 bits per heavy atom. The van der Waals surface area contributed by atoms with Crippen LogP contribution in [-0.4, -0.2) is 40.5 Å². The van der Waals surface area contributed by atoms with Crippen LogP contribution >= 0.6 is 23.2 Å². The van der Waals surface area contributed by atoms with E-state index >= 15 is 0 Å². The second kappa shape index (κ2) is 11.1. The maximum Gasteiger partial charge on any atom is 0.229 e. The number of halogens is 2. The highest BCUT2D eigenvalue weighted by atomic mass is 35.5. The van der Waals surface area contributed by atoms with Gasteiger partial charge < -0.3 is 15.3 Å². The molecule has 184 valence electrons. The predicted molar refractivity (Wildman–Crippen MR) is 137 cm³/mol. The quantitative estimate of drug-likeness (QED) is 0.481. The summed E-state index contributed by atoms with van der Waals surface area (Å²) >= 11 is 12.6. The second-order valence-electron chi connectivity index (χ2n) is 9.48. The smallest absolute Gasteiger partial charge is 0.229 e. The molecule has 2 aromatic rings. The molecule has 2 amide bonds. The van der Waals surface area contributed by atoms with Gasteiger partial charge in [-0.05, 0) is 62.1 Å². The summed E-state index contributed by atoms with van der Waals surface area (Å²) in [5, 5.41) is 14.8. The summed E-state index contributed by atoms with van der Waals surface area (Å²) in [6.45, 7) is 7.91. The minimum atomic E-state index is -0.933. The van der Waals surface area contributed by atoms with Crippen molar-refractivity contribution in [2.24, 2.45) is 5.41 Å². The summed E-state index contributed by atoms with van der Waals surface area (Å²) in [5.74, 6) is -0.410. The number of amides is 2. The second-order valence-corrected chi connectivity index (χ2v) is 10.4. The molecule has 2 aromatic carbocycles. The number of nitrogens with one attached hydrogen (secondary N) is 1. The molecule has 5 atom stereocenters. The van der Waals surface area contributed by atoms with Gasteiger partial charge in [-0.25, -0.2) is 0 Å². The average molecular weight is 505 g/mol. The van der Waals surface area contributed by atoms with E-state index in [1.54, 1.807) is 6.92 Å². The number of aliphatic hydroxyl groups excluding tert-OH is 1. The van der Waals surface area contributed by atoms with Crippen LogP contribution in [0.15, 0.2) is 48.5 Å². The van der Waals surface area contributed by atoms with Crippen molar-refractivity contribution in [3.63, 3.8) is 0 Å². The third-order valence-corrected chi connectivity index (χ3v) is 7.33. The van der Waals surface area contributed by atoms with E-state index in [1.165, 1.54) is 0 Å². The number of hydrogen-bond donors (Lipinski definition) is 2. The number of aliphatic hydroxyl groups is 1. The average Bonchev–Trinajstić information content (AvgIpc) is 2.77. The molecule has 0 aromatic heterocycles. The SMILES string of the molecule is CCNC(=O)C[C@@]1(C)C[C@H](c2cccc(Cl)c2)[C@@H](c2ccc(Cl)cc2)N([C@@H](CC)[C@H](C)O)C1=O. The number of nitrogens with zero attached hydrogens (tertiary/aromatic N) is 1. The third-order valence-electron chi connectivity index (χ3n) is 6.85. The predicted octanol–water partition coefficient (Wildman–Crippen LogP) is 5.74. The van der Waals surface area contributed by atoms with E-state index in [9.17, 15) is 14.7 Å². The summed E-state index contributed by atoms with van der Waals surface area (Å²) in [4.78, 5) is 28.7. The summed E-state index contributed by atoms with van der Waals surface area (Å²) in [7, 11) is 0. The van der Waals surface area contributed by atoms with Crippen LogP contribution in [0.3, 0.4) is 0 Å². The molecule has 5 nitrogen and oxygen atoms in total. The summed E-state index contributed by atoms with van der Waals surface area (Å²) in [5.41, 5.74) is 0.992. The van der Waals surface area contributed by atoms with Crippen LogP contribution in [0.5, 0.6) is 0 Å². The highest BCUT2D eigenvalue weighted by molar-refractivity contribution is 6.30. The first kappa shape index (κ1) is 26.5. The van der Waals surface area contributed by atoms with E-state index in [4.69, 9.17) is 23.2 Å². The van der Waals surface area contributed by atoms with Crippen molar-refractivity contribution in [3.8, 4) is 0 Å². The summed E-state index contributed by atoms with van der Waals surface area (Å²) < 4.78 is 0. The number of rotatable bonds is 8. The van der Waals surface area contributed by atoms with Crippen molar-refractivity contribution in [3.05, 3.63) is 69.7 Å². The zero-order valence-electron chi connectivity index (χ0n) is 20.2. The Hall–Kier alpha value is -2.08. The van der Waals surface area contributed by atoms with Gasteiger partial charge in [-0.1, -0.05) is 61.3 Å². The minimum Gasteiger partial charge on any atom is -0.391 e. The van der Waals surface area contributed by atoms with Gasteiger partial charge in [-0.15, -0.1) is 0 Å². The third kappa shape index (κ3) is 5.59. The van der Waals surface area contributed by atoms with E-state index in [1.807, 2.05) is 74.2 Å². The molecular weight excluding hydrogens is 471 g/mol. The van der Waals surface area contributed by atoms with E-state index in [-0.39, 0.29) is 30.2 Å². The van der Waals surface area contributed by atoms with Gasteiger partial charge in [0, 0.05) is 28.9 Å². The Bertz CT molecular complexity index is 1010. The molecule has 1 saturated heterocycles. The molecule has 0 unspecified atom stereocenters. The maximum absolute atomic E-state index is 14.2. The molecular formula is C27H34Cl2N2O3. The van der Waals surface area contributed by atoms with Crippen LogP contribution < -0.4 is 5.32 Å². The van der Waals surface area contributed by atoms with Crippen molar-refractivity contribution < 1.29 is 14.7 Å². The standard InChI is InChI=1S/C27H34Cl2N2O3/c1-5-23(17(3)32)31-25(18-10-12-20(28)13-11-18)22(19-8-7-9-21(29)14-19)15-27(4,26(31)34)16-24(33)30-6-2/h7-14,17,22-23,25,32H,5-6,15-16H2,1-4H3,(H,30,33)/t17-,22+,23-,25+,27+/m0/s1. The summed E-state index contributed by atoms with van der Waals surface area (Å²) in [6, 6.07) is 14.4. The van der Waals surface area contributed by atoms with Gasteiger partial charge in [0.15, 0.2) is 0 Å². The number of piperidine rings is 1. The monoisotopic (exact) mass is 504 g/mol. The molecule has 0 bridgehead atoms. The van der Waals surface area contributed by atoms with Crippen LogP contribution in [0.2, 0.25) is 10.0 Å². The van der Waals surface area contributed by atoms with Gasteiger partial charge >= 0.3 is 0 Å². The zero-order chi connectivity index (χ0) is 25.0. The zero-order valence-corrected chi connectivity index (χ0v) is 21.7. The van der Waals surface area contributed by atoms with Gasteiger partial charge in [0.25, 0.3) is 0 Å². The van der Waals surface area contributed by atoms with Crippen LogP contribution in [0.4, 0.5) is 0 Å². The first-order valence-corrected chi connectivity index (χ1v) is 12.6. The molecule has 3 rings (SSSR count). The van der Waals surface area contributed by atoms with E-state index in [0.717, 1.165) is 11.1 Å². The highest BCUT2D eigenvalue weighted by Gasteiger charge is 2.52. The molecule has 0 saturated carbocycles. The Morgan fingerprint density at radius 1 is 1.15 bits per heavy atom. The van der Waals surface area contributed by atoms with Gasteiger partial charge in [-0.3, -0.25) is 9.59 Å². The van der Waals surface area contributed by atoms with Crippen LogP contribution in [0.1, 0.15) is 70.0 Å². The number of carbonyl (C=O) groups excluding carboxylic acids is 2. The Labute approximate surface area is 212 Å². The lowest BCUT2D eigenvalue weighted by molar-refractivity contribution is -0.160. The largest absolute Gasteiger partial charge is 0.391 e. The fourth-order valence-corrected chi connectivity index (χ4v) is 5.62. The topological polar surface area (TPSA) is 69.6 Å². The number of benzene rings is 2. The Morgan fingerprint density at radius 3 is 2.38 bits per heavy atom.